The zero-order chi connectivity index (χ0) is 10.8. The van der Waals surface area contributed by atoms with E-state index >= 15 is 0 Å². The van der Waals surface area contributed by atoms with Crippen molar-refractivity contribution in [3.8, 4) is 0 Å². The third kappa shape index (κ3) is 1.98. The minimum atomic E-state index is -0.899. The van der Waals surface area contributed by atoms with Crippen molar-refractivity contribution in [3.05, 3.63) is 40.7 Å². The van der Waals surface area contributed by atoms with Crippen molar-refractivity contribution in [3.63, 3.8) is 0 Å². The Kier molecular flexibility index (Phi) is 2.66. The monoisotopic (exact) mass is 224 g/mol. The molecule has 0 bridgehead atoms. The van der Waals surface area contributed by atoms with Crippen LogP contribution in [0.25, 0.3) is 0 Å². The molecule has 0 spiro atoms. The first-order chi connectivity index (χ1) is 7.18. The first-order valence-corrected chi connectivity index (χ1v) is 4.71. The van der Waals surface area contributed by atoms with Crippen LogP contribution in [0, 0.1) is 6.92 Å². The molecular weight excluding hydrogens is 216 g/mol. The van der Waals surface area contributed by atoms with Gasteiger partial charge in [-0.1, -0.05) is 11.6 Å². The van der Waals surface area contributed by atoms with Gasteiger partial charge in [-0.2, -0.15) is 5.10 Å². The lowest BCUT2D eigenvalue weighted by Crippen LogP contribution is -2.02. The van der Waals surface area contributed by atoms with Crippen molar-refractivity contribution in [2.75, 3.05) is 0 Å². The molecule has 0 fully saturated rings. The maximum absolute atomic E-state index is 9.94. The number of nitrogens with one attached hydrogen (secondary N) is 1. The van der Waals surface area contributed by atoms with E-state index in [0.717, 1.165) is 5.69 Å². The van der Waals surface area contributed by atoms with E-state index in [1.165, 1.54) is 12.5 Å². The van der Waals surface area contributed by atoms with Gasteiger partial charge in [-0.05, 0) is 13.0 Å². The maximum Gasteiger partial charge on any atom is 0.138 e. The largest absolute Gasteiger partial charge is 0.382 e. The number of aliphatic hydroxyl groups is 1. The Balaban J connectivity index is 2.36. The van der Waals surface area contributed by atoms with Gasteiger partial charge < -0.3 is 5.11 Å². The summed E-state index contributed by atoms with van der Waals surface area (Å²) in [4.78, 5) is 7.59. The molecule has 5 nitrogen and oxygen atoms in total. The zero-order valence-electron chi connectivity index (χ0n) is 7.98. The first kappa shape index (κ1) is 10.1. The second-order valence-corrected chi connectivity index (χ2v) is 3.51. The van der Waals surface area contributed by atoms with Gasteiger partial charge in [-0.3, -0.25) is 5.10 Å². The van der Waals surface area contributed by atoms with E-state index in [9.17, 15) is 5.11 Å². The van der Waals surface area contributed by atoms with Crippen molar-refractivity contribution in [2.45, 2.75) is 13.0 Å². The quantitative estimate of drug-likeness (QED) is 0.753. The molecule has 2 rings (SSSR count). The number of aliphatic hydroxyl groups excluding tert-OH is 1. The summed E-state index contributed by atoms with van der Waals surface area (Å²) in [5, 5.41) is 16.9. The van der Waals surface area contributed by atoms with Gasteiger partial charge in [-0.25, -0.2) is 9.97 Å². The highest BCUT2D eigenvalue weighted by Gasteiger charge is 2.17. The number of H-pyrrole nitrogens is 1. The summed E-state index contributed by atoms with van der Waals surface area (Å²) in [5.41, 5.74) is 1.83. The van der Waals surface area contributed by atoms with Crippen molar-refractivity contribution in [2.24, 2.45) is 0 Å². The van der Waals surface area contributed by atoms with Crippen LogP contribution in [-0.4, -0.2) is 25.3 Å². The minimum Gasteiger partial charge on any atom is -0.382 e. The normalized spacial score (nSPS) is 12.7. The Hall–Kier alpha value is -1.46. The summed E-state index contributed by atoms with van der Waals surface area (Å²) in [5.74, 6) is 0. The highest BCUT2D eigenvalue weighted by molar-refractivity contribution is 6.30. The van der Waals surface area contributed by atoms with E-state index in [-0.39, 0.29) is 5.15 Å². The van der Waals surface area contributed by atoms with Gasteiger partial charge in [0.1, 0.15) is 17.6 Å². The summed E-state index contributed by atoms with van der Waals surface area (Å²) < 4.78 is 0. The van der Waals surface area contributed by atoms with E-state index in [1.807, 2.05) is 6.92 Å². The van der Waals surface area contributed by atoms with Gasteiger partial charge in [0.05, 0.1) is 5.69 Å². The second-order valence-electron chi connectivity index (χ2n) is 3.15. The molecule has 2 aromatic rings. The summed E-state index contributed by atoms with van der Waals surface area (Å²) >= 11 is 5.83. The van der Waals surface area contributed by atoms with Crippen LogP contribution in [0.3, 0.4) is 0 Å². The average molecular weight is 225 g/mol. The topological polar surface area (TPSA) is 74.7 Å². The van der Waals surface area contributed by atoms with Crippen LogP contribution in [0.4, 0.5) is 0 Å². The number of hydrogen-bond acceptors (Lipinski definition) is 4. The SMILES string of the molecule is Cc1cc(C(O)c2cncnc2Cl)n[nH]1. The number of aromatic nitrogens is 4. The highest BCUT2D eigenvalue weighted by atomic mass is 35.5. The third-order valence-electron chi connectivity index (χ3n) is 1.99. The maximum atomic E-state index is 9.94. The lowest BCUT2D eigenvalue weighted by atomic mass is 10.1. The molecule has 15 heavy (non-hydrogen) atoms. The van der Waals surface area contributed by atoms with Gasteiger partial charge in [0, 0.05) is 17.5 Å². The number of halogens is 1. The molecule has 1 unspecified atom stereocenters. The van der Waals surface area contributed by atoms with Crippen LogP contribution in [0.5, 0.6) is 0 Å². The third-order valence-corrected chi connectivity index (χ3v) is 2.31. The predicted molar refractivity (Wildman–Crippen MR) is 54.4 cm³/mol. The average Bonchev–Trinajstić information content (AvgIpc) is 2.65. The number of rotatable bonds is 2. The number of aromatic amines is 1. The van der Waals surface area contributed by atoms with Crippen molar-refractivity contribution in [1.82, 2.24) is 20.2 Å². The summed E-state index contributed by atoms with van der Waals surface area (Å²) in [6, 6.07) is 1.74. The number of aryl methyl sites for hydroxylation is 1. The Morgan fingerprint density at radius 3 is 2.93 bits per heavy atom. The number of hydrogen-bond donors (Lipinski definition) is 2. The van der Waals surface area contributed by atoms with Gasteiger partial charge in [0.25, 0.3) is 0 Å². The van der Waals surface area contributed by atoms with Crippen LogP contribution in [0.2, 0.25) is 5.15 Å². The first-order valence-electron chi connectivity index (χ1n) is 4.34. The molecule has 2 N–H and O–H groups in total. The van der Waals surface area contributed by atoms with Gasteiger partial charge in [-0.15, -0.1) is 0 Å². The van der Waals surface area contributed by atoms with Crippen LogP contribution in [-0.2, 0) is 0 Å². The van der Waals surface area contributed by atoms with Gasteiger partial charge in [0.15, 0.2) is 0 Å². The van der Waals surface area contributed by atoms with Crippen LogP contribution >= 0.6 is 11.6 Å². The lowest BCUT2D eigenvalue weighted by Gasteiger charge is -2.07. The fourth-order valence-corrected chi connectivity index (χ4v) is 1.44. The summed E-state index contributed by atoms with van der Waals surface area (Å²) in [7, 11) is 0. The Labute approximate surface area is 91.2 Å². The van der Waals surface area contributed by atoms with E-state index in [1.54, 1.807) is 6.07 Å². The Bertz CT molecular complexity index is 471. The van der Waals surface area contributed by atoms with E-state index < -0.39 is 6.10 Å². The Morgan fingerprint density at radius 1 is 1.53 bits per heavy atom. The molecule has 6 heteroatoms. The minimum absolute atomic E-state index is 0.234. The molecule has 0 radical (unpaired) electrons. The van der Waals surface area contributed by atoms with E-state index in [4.69, 9.17) is 11.6 Å². The second kappa shape index (κ2) is 3.96. The van der Waals surface area contributed by atoms with E-state index in [0.29, 0.717) is 11.3 Å². The zero-order valence-corrected chi connectivity index (χ0v) is 8.73. The standard InChI is InChI=1S/C9H9ClN4O/c1-5-2-7(14-13-5)8(15)6-3-11-4-12-9(6)10/h2-4,8,15H,1H3,(H,13,14). The summed E-state index contributed by atoms with van der Waals surface area (Å²) in [6.45, 7) is 1.85. The number of nitrogens with zero attached hydrogens (tertiary/aromatic N) is 3. The molecule has 0 saturated carbocycles. The van der Waals surface area contributed by atoms with Crippen molar-refractivity contribution < 1.29 is 5.11 Å². The van der Waals surface area contributed by atoms with Crippen LogP contribution in [0.1, 0.15) is 23.1 Å². The molecule has 0 aromatic carbocycles. The molecule has 0 amide bonds. The molecule has 0 saturated heterocycles. The van der Waals surface area contributed by atoms with Crippen LogP contribution < -0.4 is 0 Å². The fraction of sp³-hybridized carbons (Fsp3) is 0.222. The molecule has 0 aliphatic carbocycles. The fourth-order valence-electron chi connectivity index (χ4n) is 1.25. The molecule has 0 aliphatic heterocycles. The molecule has 1 atom stereocenters. The van der Waals surface area contributed by atoms with Crippen molar-refractivity contribution >= 4 is 11.6 Å². The summed E-state index contributed by atoms with van der Waals surface area (Å²) in [6.07, 6.45) is 1.90. The highest BCUT2D eigenvalue weighted by Crippen LogP contribution is 2.24. The predicted octanol–water partition coefficient (Wildman–Crippen LogP) is 1.24. The van der Waals surface area contributed by atoms with Crippen molar-refractivity contribution in [1.29, 1.82) is 0 Å². The Morgan fingerprint density at radius 2 is 2.33 bits per heavy atom. The molecule has 78 valence electrons. The molecular formula is C9H9ClN4O. The smallest absolute Gasteiger partial charge is 0.138 e. The van der Waals surface area contributed by atoms with Gasteiger partial charge >= 0.3 is 0 Å². The molecule has 2 aromatic heterocycles. The lowest BCUT2D eigenvalue weighted by molar-refractivity contribution is 0.214. The van der Waals surface area contributed by atoms with Crippen LogP contribution in [0.15, 0.2) is 18.6 Å². The molecule has 0 aliphatic rings. The molecule has 2 heterocycles. The van der Waals surface area contributed by atoms with Gasteiger partial charge in [0.2, 0.25) is 0 Å². The van der Waals surface area contributed by atoms with E-state index in [2.05, 4.69) is 20.2 Å².